The summed E-state index contributed by atoms with van der Waals surface area (Å²) >= 11 is 0. The van der Waals surface area contributed by atoms with Crippen molar-refractivity contribution in [3.05, 3.63) is 71.4 Å². The quantitative estimate of drug-likeness (QED) is 0.337. The van der Waals surface area contributed by atoms with E-state index in [1.165, 1.54) is 0 Å². The van der Waals surface area contributed by atoms with Gasteiger partial charge in [0.05, 0.1) is 18.5 Å². The first-order chi connectivity index (χ1) is 18.2. The number of carbonyl (C=O) groups is 2. The van der Waals surface area contributed by atoms with Crippen LogP contribution in [0.25, 0.3) is 5.69 Å². The number of hydrogen-bond acceptors (Lipinski definition) is 4. The first kappa shape index (κ1) is 29.9. The van der Waals surface area contributed by atoms with Crippen LogP contribution in [-0.2, 0) is 15.6 Å². The summed E-state index contributed by atoms with van der Waals surface area (Å²) in [6.07, 6.45) is 0.803. The zero-order valence-corrected chi connectivity index (χ0v) is 25.0. The van der Waals surface area contributed by atoms with E-state index in [-0.39, 0.29) is 29.2 Å². The van der Waals surface area contributed by atoms with Crippen LogP contribution in [0.5, 0.6) is 5.75 Å². The van der Waals surface area contributed by atoms with Crippen LogP contribution in [0.2, 0.25) is 0 Å². The summed E-state index contributed by atoms with van der Waals surface area (Å²) < 4.78 is 7.01. The van der Waals surface area contributed by atoms with E-state index in [9.17, 15) is 9.59 Å². The highest BCUT2D eigenvalue weighted by atomic mass is 16.5. The number of anilines is 1. The van der Waals surface area contributed by atoms with Crippen molar-refractivity contribution in [3.8, 4) is 11.4 Å². The lowest BCUT2D eigenvalue weighted by atomic mass is 9.86. The molecule has 0 fully saturated rings. The largest absolute Gasteiger partial charge is 0.497 e. The molecule has 2 aromatic carbocycles. The third-order valence-electron chi connectivity index (χ3n) is 6.66. The van der Waals surface area contributed by atoms with E-state index in [4.69, 9.17) is 9.84 Å². The summed E-state index contributed by atoms with van der Waals surface area (Å²) in [5, 5.41) is 7.81. The van der Waals surface area contributed by atoms with E-state index in [0.717, 1.165) is 29.1 Å². The number of methoxy groups -OCH3 is 1. The van der Waals surface area contributed by atoms with E-state index in [2.05, 4.69) is 60.7 Å². The molecule has 0 saturated carbocycles. The number of amides is 2. The normalized spacial score (nSPS) is 11.9. The number of aromatic nitrogens is 2. The molecule has 0 aliphatic heterocycles. The molecule has 39 heavy (non-hydrogen) atoms. The van der Waals surface area contributed by atoms with Gasteiger partial charge in [-0.2, -0.15) is 5.10 Å². The number of ether oxygens (including phenoxy) is 1. The minimum atomic E-state index is -0.270. The topological polar surface area (TPSA) is 76.5 Å². The highest BCUT2D eigenvalue weighted by Gasteiger charge is 2.24. The second-order valence-electron chi connectivity index (χ2n) is 12.6. The molecule has 0 bridgehead atoms. The number of nitrogens with one attached hydrogen (secondary N) is 1. The van der Waals surface area contributed by atoms with Crippen LogP contribution < -0.4 is 10.1 Å². The maximum Gasteiger partial charge on any atom is 0.254 e. The first-order valence-electron chi connectivity index (χ1n) is 13.6. The summed E-state index contributed by atoms with van der Waals surface area (Å²) in [6, 6.07) is 17.1. The van der Waals surface area contributed by atoms with Crippen molar-refractivity contribution in [2.24, 2.45) is 5.92 Å². The van der Waals surface area contributed by atoms with Gasteiger partial charge < -0.3 is 15.0 Å². The van der Waals surface area contributed by atoms with Gasteiger partial charge >= 0.3 is 0 Å². The number of hydrogen-bond donors (Lipinski definition) is 1. The Balaban J connectivity index is 1.86. The summed E-state index contributed by atoms with van der Waals surface area (Å²) in [5.41, 5.74) is 3.17. The summed E-state index contributed by atoms with van der Waals surface area (Å²) in [7, 11) is 1.62. The number of rotatable bonds is 9. The average molecular weight is 533 g/mol. The third kappa shape index (κ3) is 7.94. The molecule has 1 N–H and O–H groups in total. The minimum Gasteiger partial charge on any atom is -0.497 e. The molecular weight excluding hydrogens is 488 g/mol. The van der Waals surface area contributed by atoms with E-state index < -0.39 is 0 Å². The summed E-state index contributed by atoms with van der Waals surface area (Å²) in [4.78, 5) is 28.5. The van der Waals surface area contributed by atoms with Crippen molar-refractivity contribution in [1.29, 1.82) is 0 Å². The van der Waals surface area contributed by atoms with Crippen LogP contribution in [-0.4, -0.2) is 46.7 Å². The van der Waals surface area contributed by atoms with E-state index in [1.54, 1.807) is 16.7 Å². The molecule has 3 rings (SSSR count). The fourth-order valence-electron chi connectivity index (χ4n) is 4.07. The molecule has 0 atom stereocenters. The second-order valence-corrected chi connectivity index (χ2v) is 12.6. The van der Waals surface area contributed by atoms with Gasteiger partial charge in [0.15, 0.2) is 0 Å². The maximum atomic E-state index is 13.5. The molecule has 0 spiro atoms. The zero-order chi connectivity index (χ0) is 29.0. The molecule has 0 unspecified atom stereocenters. The Hall–Kier alpha value is -3.61. The standard InChI is InChI=1S/C32H44N4O3/c1-22(2)18-19-35(30(38)23-10-12-24(13-11-23)31(3,4)5)21-29(37)33-28-20-27(32(6,7)8)34-36(28)25-14-16-26(39-9)17-15-25/h10-17,20,22H,18-19,21H2,1-9H3,(H,33,37). The average Bonchev–Trinajstić information content (AvgIpc) is 3.30. The van der Waals surface area contributed by atoms with Crippen molar-refractivity contribution >= 4 is 17.6 Å². The number of nitrogens with zero attached hydrogens (tertiary/aromatic N) is 3. The third-order valence-corrected chi connectivity index (χ3v) is 6.66. The number of carbonyl (C=O) groups excluding carboxylic acids is 2. The van der Waals surface area contributed by atoms with Crippen LogP contribution >= 0.6 is 0 Å². The Morgan fingerprint density at radius 1 is 0.949 bits per heavy atom. The molecule has 0 radical (unpaired) electrons. The molecule has 2 amide bonds. The van der Waals surface area contributed by atoms with Gasteiger partial charge in [0.25, 0.3) is 5.91 Å². The molecule has 7 heteroatoms. The smallest absolute Gasteiger partial charge is 0.254 e. The van der Waals surface area contributed by atoms with Gasteiger partial charge in [-0.3, -0.25) is 9.59 Å². The lowest BCUT2D eigenvalue weighted by molar-refractivity contribution is -0.117. The highest BCUT2D eigenvalue weighted by Crippen LogP contribution is 2.27. The van der Waals surface area contributed by atoms with Gasteiger partial charge in [-0.05, 0) is 59.7 Å². The summed E-state index contributed by atoms with van der Waals surface area (Å²) in [5.74, 6) is 1.28. The van der Waals surface area contributed by atoms with Crippen LogP contribution in [0.4, 0.5) is 5.82 Å². The van der Waals surface area contributed by atoms with E-state index in [1.807, 2.05) is 54.6 Å². The predicted octanol–water partition coefficient (Wildman–Crippen LogP) is 6.60. The van der Waals surface area contributed by atoms with Gasteiger partial charge in [-0.25, -0.2) is 4.68 Å². The molecule has 0 aliphatic rings. The minimum absolute atomic E-state index is 0.00244. The van der Waals surface area contributed by atoms with Gasteiger partial charge in [0.2, 0.25) is 5.91 Å². The SMILES string of the molecule is COc1ccc(-n2nc(C(C)(C)C)cc2NC(=O)CN(CCC(C)C)C(=O)c2ccc(C(C)(C)C)cc2)cc1. The van der Waals surface area contributed by atoms with Crippen molar-refractivity contribution in [2.75, 3.05) is 25.5 Å². The van der Waals surface area contributed by atoms with Gasteiger partial charge in [-0.15, -0.1) is 0 Å². The van der Waals surface area contributed by atoms with Crippen LogP contribution in [0.1, 0.15) is 83.4 Å². The fourth-order valence-corrected chi connectivity index (χ4v) is 4.07. The molecular formula is C32H44N4O3. The molecule has 0 saturated heterocycles. The second kappa shape index (κ2) is 12.1. The fraction of sp³-hybridized carbons (Fsp3) is 0.469. The molecule has 7 nitrogen and oxygen atoms in total. The Labute approximate surface area is 233 Å². The van der Waals surface area contributed by atoms with E-state index in [0.29, 0.717) is 23.8 Å². The Morgan fingerprint density at radius 2 is 1.56 bits per heavy atom. The van der Waals surface area contributed by atoms with Crippen molar-refractivity contribution < 1.29 is 14.3 Å². The highest BCUT2D eigenvalue weighted by molar-refractivity contribution is 5.99. The number of benzene rings is 2. The monoisotopic (exact) mass is 532 g/mol. The summed E-state index contributed by atoms with van der Waals surface area (Å²) in [6.45, 7) is 17.3. The Morgan fingerprint density at radius 3 is 2.08 bits per heavy atom. The Kier molecular flexibility index (Phi) is 9.26. The molecule has 1 aromatic heterocycles. The van der Waals surface area contributed by atoms with Crippen LogP contribution in [0.15, 0.2) is 54.6 Å². The van der Waals surface area contributed by atoms with E-state index >= 15 is 0 Å². The zero-order valence-electron chi connectivity index (χ0n) is 25.0. The van der Waals surface area contributed by atoms with Crippen LogP contribution in [0, 0.1) is 5.92 Å². The molecule has 210 valence electrons. The Bertz CT molecular complexity index is 1260. The van der Waals surface area contributed by atoms with Crippen LogP contribution in [0.3, 0.4) is 0 Å². The lowest BCUT2D eigenvalue weighted by Crippen LogP contribution is -2.39. The molecule has 0 aliphatic carbocycles. The van der Waals surface area contributed by atoms with Gasteiger partial charge in [0, 0.05) is 23.6 Å². The van der Waals surface area contributed by atoms with Crippen molar-refractivity contribution in [1.82, 2.24) is 14.7 Å². The predicted molar refractivity (Wildman–Crippen MR) is 158 cm³/mol. The lowest BCUT2D eigenvalue weighted by Gasteiger charge is -2.24. The van der Waals surface area contributed by atoms with Crippen molar-refractivity contribution in [3.63, 3.8) is 0 Å². The maximum absolute atomic E-state index is 13.5. The molecule has 1 heterocycles. The van der Waals surface area contributed by atoms with Gasteiger partial charge in [-0.1, -0.05) is 67.5 Å². The van der Waals surface area contributed by atoms with Crippen molar-refractivity contribution in [2.45, 2.75) is 72.6 Å². The first-order valence-corrected chi connectivity index (χ1v) is 13.6. The van der Waals surface area contributed by atoms with Gasteiger partial charge in [0.1, 0.15) is 18.1 Å². The molecule has 3 aromatic rings.